The highest BCUT2D eigenvalue weighted by Gasteiger charge is 2.20. The van der Waals surface area contributed by atoms with Crippen LogP contribution in [0.3, 0.4) is 0 Å². The van der Waals surface area contributed by atoms with Gasteiger partial charge in [0, 0.05) is 6.54 Å². The Balaban J connectivity index is 0.00000121. The maximum atomic E-state index is 10.9. The van der Waals surface area contributed by atoms with Gasteiger partial charge in [-0.3, -0.25) is 0 Å². The van der Waals surface area contributed by atoms with Crippen molar-refractivity contribution in [3.8, 4) is 0 Å². The number of ether oxygens (including phenoxy) is 1. The summed E-state index contributed by atoms with van der Waals surface area (Å²) in [5.41, 5.74) is 0. The van der Waals surface area contributed by atoms with Crippen molar-refractivity contribution >= 4 is 18.5 Å². The molecule has 1 amide bonds. The first-order valence-electron chi connectivity index (χ1n) is 3.91. The molecule has 1 rings (SSSR count). The Morgan fingerprint density at radius 2 is 2.42 bits per heavy atom. The molecule has 0 aromatic heterocycles. The van der Waals surface area contributed by atoms with Crippen LogP contribution in [0.25, 0.3) is 0 Å². The van der Waals surface area contributed by atoms with Crippen molar-refractivity contribution in [2.45, 2.75) is 6.42 Å². The highest BCUT2D eigenvalue weighted by Crippen LogP contribution is 2.02. The van der Waals surface area contributed by atoms with Crippen LogP contribution in [0, 0.1) is 0 Å². The molecule has 0 aromatic rings. The molecule has 5 heteroatoms. The second kappa shape index (κ2) is 6.08. The van der Waals surface area contributed by atoms with E-state index in [0.29, 0.717) is 6.61 Å². The number of carbonyl (C=O) groups is 1. The van der Waals surface area contributed by atoms with Crippen LogP contribution in [0.2, 0.25) is 0 Å². The second-order valence-corrected chi connectivity index (χ2v) is 2.56. The molecule has 0 spiro atoms. The van der Waals surface area contributed by atoms with Crippen molar-refractivity contribution < 1.29 is 9.53 Å². The molecular weight excluding hydrogens is 180 g/mol. The second-order valence-electron chi connectivity index (χ2n) is 2.56. The first kappa shape index (κ1) is 11.5. The molecule has 12 heavy (non-hydrogen) atoms. The van der Waals surface area contributed by atoms with Gasteiger partial charge in [0.2, 0.25) is 0 Å². The molecule has 0 aliphatic carbocycles. The Morgan fingerprint density at radius 1 is 1.67 bits per heavy atom. The summed E-state index contributed by atoms with van der Waals surface area (Å²) in [7, 11) is 1.91. The number of rotatable bonds is 4. The summed E-state index contributed by atoms with van der Waals surface area (Å²) in [6, 6.07) is 0. The van der Waals surface area contributed by atoms with E-state index in [0.717, 1.165) is 26.1 Å². The summed E-state index contributed by atoms with van der Waals surface area (Å²) in [6.45, 7) is 3.06. The molecule has 0 unspecified atom stereocenters. The number of cyclic esters (lactones) is 1. The molecular formula is C7H15ClN2O2. The third-order valence-electron chi connectivity index (χ3n) is 1.70. The van der Waals surface area contributed by atoms with Gasteiger partial charge in [0.05, 0.1) is 6.54 Å². The largest absolute Gasteiger partial charge is 0.448 e. The Kier molecular flexibility index (Phi) is 5.84. The molecule has 1 aliphatic rings. The van der Waals surface area contributed by atoms with Gasteiger partial charge in [-0.05, 0) is 20.0 Å². The molecule has 0 bridgehead atoms. The number of nitrogens with one attached hydrogen (secondary N) is 1. The average Bonchev–Trinajstić information content (AvgIpc) is 2.37. The quantitative estimate of drug-likeness (QED) is 0.662. The van der Waals surface area contributed by atoms with E-state index in [2.05, 4.69) is 5.32 Å². The van der Waals surface area contributed by atoms with Gasteiger partial charge >= 0.3 is 6.09 Å². The maximum absolute atomic E-state index is 10.9. The van der Waals surface area contributed by atoms with Crippen molar-refractivity contribution in [3.05, 3.63) is 0 Å². The number of hydrogen-bond donors (Lipinski definition) is 1. The average molecular weight is 195 g/mol. The predicted molar refractivity (Wildman–Crippen MR) is 48.7 cm³/mol. The summed E-state index contributed by atoms with van der Waals surface area (Å²) in [5.74, 6) is 0. The van der Waals surface area contributed by atoms with E-state index in [-0.39, 0.29) is 18.5 Å². The van der Waals surface area contributed by atoms with Gasteiger partial charge in [0.1, 0.15) is 6.61 Å². The molecule has 0 saturated carbocycles. The summed E-state index contributed by atoms with van der Waals surface area (Å²) >= 11 is 0. The third kappa shape index (κ3) is 3.28. The van der Waals surface area contributed by atoms with E-state index in [1.807, 2.05) is 7.05 Å². The van der Waals surface area contributed by atoms with E-state index in [9.17, 15) is 4.79 Å². The molecule has 1 N–H and O–H groups in total. The fourth-order valence-corrected chi connectivity index (χ4v) is 1.08. The van der Waals surface area contributed by atoms with E-state index in [4.69, 9.17) is 4.74 Å². The lowest BCUT2D eigenvalue weighted by Crippen LogP contribution is -2.27. The normalized spacial score (nSPS) is 15.8. The predicted octanol–water partition coefficient (Wildman–Crippen LogP) is 0.470. The van der Waals surface area contributed by atoms with Crippen LogP contribution in [0.1, 0.15) is 6.42 Å². The van der Waals surface area contributed by atoms with Crippen molar-refractivity contribution in [2.75, 3.05) is 33.3 Å². The fraction of sp³-hybridized carbons (Fsp3) is 0.857. The van der Waals surface area contributed by atoms with Crippen molar-refractivity contribution in [2.24, 2.45) is 0 Å². The minimum atomic E-state index is -0.166. The van der Waals surface area contributed by atoms with Gasteiger partial charge in [-0.1, -0.05) is 0 Å². The zero-order valence-corrected chi connectivity index (χ0v) is 8.02. The lowest BCUT2D eigenvalue weighted by molar-refractivity contribution is 0.158. The van der Waals surface area contributed by atoms with Gasteiger partial charge in [-0.15, -0.1) is 12.4 Å². The molecule has 0 radical (unpaired) electrons. The monoisotopic (exact) mass is 194 g/mol. The van der Waals surface area contributed by atoms with Gasteiger partial charge in [0.15, 0.2) is 0 Å². The number of amides is 1. The van der Waals surface area contributed by atoms with Gasteiger partial charge in [-0.25, -0.2) is 4.79 Å². The van der Waals surface area contributed by atoms with Crippen molar-refractivity contribution in [1.29, 1.82) is 0 Å². The van der Waals surface area contributed by atoms with Crippen LogP contribution in [0.4, 0.5) is 4.79 Å². The minimum absolute atomic E-state index is 0. The van der Waals surface area contributed by atoms with E-state index in [1.165, 1.54) is 0 Å². The summed E-state index contributed by atoms with van der Waals surface area (Å²) < 4.78 is 4.76. The smallest absolute Gasteiger partial charge is 0.409 e. The maximum Gasteiger partial charge on any atom is 0.409 e. The van der Waals surface area contributed by atoms with Crippen LogP contribution < -0.4 is 5.32 Å². The minimum Gasteiger partial charge on any atom is -0.448 e. The third-order valence-corrected chi connectivity index (χ3v) is 1.70. The lowest BCUT2D eigenvalue weighted by Gasteiger charge is -2.11. The van der Waals surface area contributed by atoms with E-state index >= 15 is 0 Å². The SMILES string of the molecule is CNCCCN1CCOC1=O.Cl. The zero-order chi connectivity index (χ0) is 8.10. The van der Waals surface area contributed by atoms with Crippen molar-refractivity contribution in [1.82, 2.24) is 10.2 Å². The van der Waals surface area contributed by atoms with Gasteiger partial charge in [-0.2, -0.15) is 0 Å². The molecule has 1 aliphatic heterocycles. The Labute approximate surface area is 78.7 Å². The first-order valence-corrected chi connectivity index (χ1v) is 3.91. The van der Waals surface area contributed by atoms with Crippen LogP contribution in [-0.2, 0) is 4.74 Å². The number of carbonyl (C=O) groups excluding carboxylic acids is 1. The van der Waals surface area contributed by atoms with Crippen LogP contribution >= 0.6 is 12.4 Å². The van der Waals surface area contributed by atoms with E-state index < -0.39 is 0 Å². The fourth-order valence-electron chi connectivity index (χ4n) is 1.08. The standard InChI is InChI=1S/C7H14N2O2.ClH/c1-8-3-2-4-9-5-6-11-7(9)10;/h8H,2-6H2,1H3;1H. The van der Waals surface area contributed by atoms with Crippen LogP contribution in [0.15, 0.2) is 0 Å². The molecule has 0 aromatic carbocycles. The number of halogens is 1. The number of nitrogens with zero attached hydrogens (tertiary/aromatic N) is 1. The highest BCUT2D eigenvalue weighted by atomic mass is 35.5. The summed E-state index contributed by atoms with van der Waals surface area (Å²) in [4.78, 5) is 12.6. The molecule has 72 valence electrons. The molecule has 1 heterocycles. The van der Waals surface area contributed by atoms with Gasteiger partial charge in [0.25, 0.3) is 0 Å². The summed E-state index contributed by atoms with van der Waals surface area (Å²) in [5, 5.41) is 3.03. The zero-order valence-electron chi connectivity index (χ0n) is 7.21. The Morgan fingerprint density at radius 3 is 2.92 bits per heavy atom. The molecule has 1 saturated heterocycles. The lowest BCUT2D eigenvalue weighted by atomic mass is 10.4. The van der Waals surface area contributed by atoms with Crippen LogP contribution in [0.5, 0.6) is 0 Å². The van der Waals surface area contributed by atoms with Crippen LogP contribution in [-0.4, -0.2) is 44.3 Å². The first-order chi connectivity index (χ1) is 5.34. The molecule has 4 nitrogen and oxygen atoms in total. The van der Waals surface area contributed by atoms with Gasteiger partial charge < -0.3 is 15.0 Å². The molecule has 0 atom stereocenters. The Hall–Kier alpha value is -0.480. The summed E-state index contributed by atoms with van der Waals surface area (Å²) in [6.07, 6.45) is 0.826. The Bertz CT molecular complexity index is 143. The molecule has 1 fully saturated rings. The highest BCUT2D eigenvalue weighted by molar-refractivity contribution is 5.85. The number of hydrogen-bond acceptors (Lipinski definition) is 3. The topological polar surface area (TPSA) is 41.6 Å². The van der Waals surface area contributed by atoms with E-state index in [1.54, 1.807) is 4.90 Å². The van der Waals surface area contributed by atoms with Crippen molar-refractivity contribution in [3.63, 3.8) is 0 Å².